The lowest BCUT2D eigenvalue weighted by molar-refractivity contribution is 0.0982. The van der Waals surface area contributed by atoms with Crippen LogP contribution in [-0.2, 0) is 19.4 Å². The molecule has 0 aliphatic rings. The zero-order chi connectivity index (χ0) is 25.5. The van der Waals surface area contributed by atoms with Gasteiger partial charge in [-0.05, 0) is 34.0 Å². The Labute approximate surface area is 215 Å². The molecule has 0 spiro atoms. The number of ketones is 1. The molecule has 0 unspecified atom stereocenters. The summed E-state index contributed by atoms with van der Waals surface area (Å²) in [4.78, 5) is 22.3. The van der Waals surface area contributed by atoms with Gasteiger partial charge in [0.2, 0.25) is 11.6 Å². The lowest BCUT2D eigenvalue weighted by Crippen LogP contribution is -2.10. The predicted octanol–water partition coefficient (Wildman–Crippen LogP) is 4.73. The molecule has 186 valence electrons. The summed E-state index contributed by atoms with van der Waals surface area (Å²) in [5.41, 5.74) is 4.63. The monoisotopic (exact) mass is 492 g/mol. The molecule has 0 saturated carbocycles. The summed E-state index contributed by atoms with van der Waals surface area (Å²) in [7, 11) is 0. The van der Waals surface area contributed by atoms with E-state index in [0.717, 1.165) is 59.5 Å². The van der Waals surface area contributed by atoms with Crippen LogP contribution in [0, 0.1) is 0 Å². The van der Waals surface area contributed by atoms with E-state index in [1.807, 2.05) is 77.6 Å². The molecule has 3 aromatic heterocycles. The summed E-state index contributed by atoms with van der Waals surface area (Å²) >= 11 is 0. The van der Waals surface area contributed by atoms with Crippen molar-refractivity contribution in [3.8, 4) is 22.5 Å². The third kappa shape index (κ3) is 5.83. The third-order valence-electron chi connectivity index (χ3n) is 6.18. The Bertz CT molecular complexity index is 1440. The number of aromatic nitrogens is 8. The number of H-pyrrole nitrogens is 1. The standard InChI is InChI=1S/C28H28N8O/c1-2-3-5-14-26-30-28(25(37)17-20-10-6-4-7-11-20)33-36(26)19-22-16-15-21(18-29-22)23-12-8-9-13-24(23)27-31-34-35-32-27/h4,6-13,15-16,18H,2-3,5,14,17,19H2,1H3,(H,31,32,34,35). The molecule has 0 aliphatic carbocycles. The quantitative estimate of drug-likeness (QED) is 0.209. The van der Waals surface area contributed by atoms with E-state index < -0.39 is 0 Å². The maximum Gasteiger partial charge on any atom is 0.217 e. The molecule has 0 amide bonds. The van der Waals surface area contributed by atoms with Crippen molar-refractivity contribution < 1.29 is 4.79 Å². The van der Waals surface area contributed by atoms with Gasteiger partial charge in [0, 0.05) is 30.2 Å². The summed E-state index contributed by atoms with van der Waals surface area (Å²) < 4.78 is 1.82. The average Bonchev–Trinajstić information content (AvgIpc) is 3.61. The largest absolute Gasteiger partial charge is 0.290 e. The molecular weight excluding hydrogens is 464 g/mol. The number of aromatic amines is 1. The Morgan fingerprint density at radius 3 is 2.49 bits per heavy atom. The Kier molecular flexibility index (Phi) is 7.50. The van der Waals surface area contributed by atoms with Crippen LogP contribution in [0.5, 0.6) is 0 Å². The molecule has 0 bridgehead atoms. The summed E-state index contributed by atoms with van der Waals surface area (Å²) in [5, 5.41) is 18.8. The predicted molar refractivity (Wildman–Crippen MR) is 140 cm³/mol. The molecule has 3 heterocycles. The van der Waals surface area contributed by atoms with Crippen LogP contribution in [0.2, 0.25) is 0 Å². The Morgan fingerprint density at radius 2 is 1.76 bits per heavy atom. The number of aryl methyl sites for hydroxylation is 1. The van der Waals surface area contributed by atoms with Gasteiger partial charge in [-0.3, -0.25) is 9.78 Å². The minimum atomic E-state index is -0.0801. The fraction of sp³-hybridized carbons (Fsp3) is 0.250. The van der Waals surface area contributed by atoms with E-state index in [4.69, 9.17) is 4.98 Å². The number of nitrogens with zero attached hydrogens (tertiary/aromatic N) is 7. The van der Waals surface area contributed by atoms with Crippen LogP contribution in [0.1, 0.15) is 53.9 Å². The van der Waals surface area contributed by atoms with E-state index in [9.17, 15) is 4.79 Å². The second-order valence-corrected chi connectivity index (χ2v) is 8.89. The van der Waals surface area contributed by atoms with Gasteiger partial charge in [-0.15, -0.1) is 10.2 Å². The van der Waals surface area contributed by atoms with Crippen molar-refractivity contribution in [2.45, 2.75) is 45.6 Å². The van der Waals surface area contributed by atoms with Gasteiger partial charge in [-0.1, -0.05) is 80.4 Å². The lowest BCUT2D eigenvalue weighted by Gasteiger charge is -2.09. The van der Waals surface area contributed by atoms with Crippen LogP contribution in [-0.4, -0.2) is 46.2 Å². The smallest absolute Gasteiger partial charge is 0.217 e. The summed E-state index contributed by atoms with van der Waals surface area (Å²) in [6, 6.07) is 21.6. The third-order valence-corrected chi connectivity index (χ3v) is 6.18. The van der Waals surface area contributed by atoms with E-state index in [-0.39, 0.29) is 18.0 Å². The number of benzene rings is 2. The fourth-order valence-corrected chi connectivity index (χ4v) is 4.24. The highest BCUT2D eigenvalue weighted by molar-refractivity contribution is 5.94. The SMILES string of the molecule is CCCCCc1nc(C(=O)Cc2ccccc2)nn1Cc1ccc(-c2ccccc2-c2nnn[nH]2)cn1. The van der Waals surface area contributed by atoms with Gasteiger partial charge in [0.25, 0.3) is 0 Å². The van der Waals surface area contributed by atoms with Crippen molar-refractivity contribution in [2.75, 3.05) is 0 Å². The van der Waals surface area contributed by atoms with Crippen LogP contribution >= 0.6 is 0 Å². The average molecular weight is 493 g/mol. The van der Waals surface area contributed by atoms with Gasteiger partial charge in [0.15, 0.2) is 5.82 Å². The number of rotatable bonds is 11. The molecule has 5 rings (SSSR count). The van der Waals surface area contributed by atoms with Crippen molar-refractivity contribution in [1.29, 1.82) is 0 Å². The highest BCUT2D eigenvalue weighted by Gasteiger charge is 2.18. The summed E-state index contributed by atoms with van der Waals surface area (Å²) in [5.74, 6) is 1.61. The molecule has 0 aliphatic heterocycles. The maximum atomic E-state index is 12.9. The Morgan fingerprint density at radius 1 is 0.946 bits per heavy atom. The number of tetrazole rings is 1. The summed E-state index contributed by atoms with van der Waals surface area (Å²) in [6.45, 7) is 2.61. The number of Topliss-reactive ketones (excluding diaryl/α,β-unsaturated/α-hetero) is 1. The number of unbranched alkanes of at least 4 members (excludes halogenated alkanes) is 2. The molecule has 0 atom stereocenters. The van der Waals surface area contributed by atoms with E-state index in [1.165, 1.54) is 0 Å². The van der Waals surface area contributed by atoms with Gasteiger partial charge < -0.3 is 0 Å². The first-order valence-electron chi connectivity index (χ1n) is 12.5. The van der Waals surface area contributed by atoms with Crippen LogP contribution in [0.4, 0.5) is 0 Å². The molecule has 9 nitrogen and oxygen atoms in total. The topological polar surface area (TPSA) is 115 Å². The number of pyridine rings is 1. The number of hydrogen-bond donors (Lipinski definition) is 1. The highest BCUT2D eigenvalue weighted by atomic mass is 16.1. The van der Waals surface area contributed by atoms with Crippen molar-refractivity contribution >= 4 is 5.78 Å². The van der Waals surface area contributed by atoms with E-state index >= 15 is 0 Å². The van der Waals surface area contributed by atoms with Crippen LogP contribution < -0.4 is 0 Å². The molecule has 5 aromatic rings. The zero-order valence-electron chi connectivity index (χ0n) is 20.7. The zero-order valence-corrected chi connectivity index (χ0v) is 20.7. The van der Waals surface area contributed by atoms with Gasteiger partial charge >= 0.3 is 0 Å². The van der Waals surface area contributed by atoms with Gasteiger partial charge in [-0.25, -0.2) is 14.8 Å². The first kappa shape index (κ1) is 24.2. The van der Waals surface area contributed by atoms with Gasteiger partial charge in [0.1, 0.15) is 5.82 Å². The van der Waals surface area contributed by atoms with Crippen molar-refractivity contribution in [3.63, 3.8) is 0 Å². The minimum Gasteiger partial charge on any atom is -0.290 e. The molecule has 0 saturated heterocycles. The lowest BCUT2D eigenvalue weighted by atomic mass is 10.0. The number of hydrogen-bond acceptors (Lipinski definition) is 7. The van der Waals surface area contributed by atoms with Crippen molar-refractivity contribution in [1.82, 2.24) is 40.4 Å². The van der Waals surface area contributed by atoms with Crippen LogP contribution in [0.25, 0.3) is 22.5 Å². The second-order valence-electron chi connectivity index (χ2n) is 8.89. The number of carbonyl (C=O) groups excluding carboxylic acids is 1. The second kappa shape index (κ2) is 11.5. The van der Waals surface area contributed by atoms with Gasteiger partial charge in [-0.2, -0.15) is 0 Å². The first-order valence-corrected chi connectivity index (χ1v) is 12.5. The van der Waals surface area contributed by atoms with Crippen LogP contribution in [0.3, 0.4) is 0 Å². The highest BCUT2D eigenvalue weighted by Crippen LogP contribution is 2.29. The summed E-state index contributed by atoms with van der Waals surface area (Å²) in [6.07, 6.45) is 6.12. The normalized spacial score (nSPS) is 11.1. The molecule has 1 N–H and O–H groups in total. The molecule has 0 radical (unpaired) electrons. The van der Waals surface area contributed by atoms with Crippen LogP contribution in [0.15, 0.2) is 72.9 Å². The minimum absolute atomic E-state index is 0.0801. The Balaban J connectivity index is 1.37. The number of nitrogens with one attached hydrogen (secondary N) is 1. The van der Waals surface area contributed by atoms with Crippen molar-refractivity contribution in [3.05, 3.63) is 95.8 Å². The molecule has 9 heteroatoms. The van der Waals surface area contributed by atoms with E-state index in [2.05, 4.69) is 37.6 Å². The molecular formula is C28H28N8O. The molecule has 37 heavy (non-hydrogen) atoms. The molecule has 0 fully saturated rings. The van der Waals surface area contributed by atoms with Gasteiger partial charge in [0.05, 0.1) is 12.2 Å². The fourth-order valence-electron chi connectivity index (χ4n) is 4.24. The Hall–Kier alpha value is -4.53. The first-order chi connectivity index (χ1) is 18.2. The van der Waals surface area contributed by atoms with E-state index in [1.54, 1.807) is 0 Å². The van der Waals surface area contributed by atoms with E-state index in [0.29, 0.717) is 12.4 Å². The van der Waals surface area contributed by atoms with Crippen molar-refractivity contribution in [2.24, 2.45) is 0 Å². The molecule has 2 aromatic carbocycles. The maximum absolute atomic E-state index is 12.9. The number of carbonyl (C=O) groups is 1.